The van der Waals surface area contributed by atoms with Gasteiger partial charge in [0.2, 0.25) is 21.8 Å². The Morgan fingerprint density at radius 3 is 2.55 bits per heavy atom. The van der Waals surface area contributed by atoms with Crippen LogP contribution in [0.4, 0.5) is 9.18 Å². The molecule has 4 amide bonds. The van der Waals surface area contributed by atoms with Crippen molar-refractivity contribution in [1.29, 1.82) is 0 Å². The minimum atomic E-state index is -3.89. The standard InChI is InChI=1S/C35H45FN6O7S2/c36-27-11-8-9-22-19-41(21-26(22)27)34(46)49-24-17-29-30(43)38-35(32(45)39-51(47,48)25-13-14-25)18-23(35)10-4-2-1-3-5-12-28(31(44)42(29)20-24)37-33(50)40-15-6-7-16-40/h4,8-11,23-25,28-29H,1-3,5-7,12-21H2,(H,37,50)(H,38,43)(H,39,45)/b10-4-/t23-,24-,28+,29+,35-/m1/s1. The van der Waals surface area contributed by atoms with Crippen LogP contribution < -0.4 is 15.4 Å². The van der Waals surface area contributed by atoms with Crippen LogP contribution in [0.5, 0.6) is 0 Å². The van der Waals surface area contributed by atoms with Gasteiger partial charge in [0.1, 0.15) is 29.5 Å². The summed E-state index contributed by atoms with van der Waals surface area (Å²) in [4.78, 5) is 60.5. The number of carbonyl (C=O) groups excluding carboxylic acids is 4. The minimum Gasteiger partial charge on any atom is -0.444 e. The topological polar surface area (TPSA) is 157 Å². The molecule has 13 nitrogen and oxygen atoms in total. The average Bonchev–Trinajstić information content (AvgIpc) is 3.85. The quantitative estimate of drug-likeness (QED) is 0.303. The van der Waals surface area contributed by atoms with Gasteiger partial charge in [-0.25, -0.2) is 17.6 Å². The lowest BCUT2D eigenvalue weighted by Crippen LogP contribution is -2.58. The number of rotatable bonds is 5. The molecule has 0 aromatic heterocycles. The summed E-state index contributed by atoms with van der Waals surface area (Å²) in [5.41, 5.74) is -0.394. The van der Waals surface area contributed by atoms with Gasteiger partial charge in [0.25, 0.3) is 5.91 Å². The lowest BCUT2D eigenvalue weighted by atomic mass is 10.0. The summed E-state index contributed by atoms with van der Waals surface area (Å²) in [6, 6.07) is 2.82. The molecule has 7 rings (SSSR count). The summed E-state index contributed by atoms with van der Waals surface area (Å²) >= 11 is 5.71. The number of carbonyl (C=O) groups is 4. The number of hydrogen-bond acceptors (Lipinski definition) is 8. The van der Waals surface area contributed by atoms with Gasteiger partial charge < -0.3 is 25.2 Å². The highest BCUT2D eigenvalue weighted by Gasteiger charge is 2.62. The monoisotopic (exact) mass is 744 g/mol. The van der Waals surface area contributed by atoms with E-state index in [0.29, 0.717) is 35.5 Å². The Hall–Kier alpha value is -3.79. The summed E-state index contributed by atoms with van der Waals surface area (Å²) in [5, 5.41) is 5.97. The normalized spacial score (nSPS) is 30.3. The Labute approximate surface area is 302 Å². The molecule has 4 heterocycles. The van der Waals surface area contributed by atoms with Crippen LogP contribution in [0.3, 0.4) is 0 Å². The largest absolute Gasteiger partial charge is 0.444 e. The molecular formula is C35H45FN6O7S2. The maximum atomic E-state index is 14.5. The molecule has 4 aliphatic heterocycles. The number of halogens is 1. The molecule has 0 spiro atoms. The number of nitrogens with one attached hydrogen (secondary N) is 3. The third-order valence-corrected chi connectivity index (χ3v) is 13.2. The number of nitrogens with zero attached hydrogens (tertiary/aromatic N) is 3. The SMILES string of the molecule is O=C1N[C@]2(C(=O)NS(=O)(=O)C3CC3)C[C@H]2/C=C\CCCCC[C@H](NC(=S)N2CCCC2)C(=O)N2C[C@H](OC(=O)N3Cc4cccc(F)c4C3)C[C@@H]12. The number of ether oxygens (including phenoxy) is 1. The fraction of sp³-hybridized carbons (Fsp3) is 0.629. The molecule has 5 atom stereocenters. The Kier molecular flexibility index (Phi) is 10.00. The van der Waals surface area contributed by atoms with Gasteiger partial charge in [-0.05, 0) is 75.2 Å². The predicted octanol–water partition coefficient (Wildman–Crippen LogP) is 2.59. The molecule has 6 aliphatic rings. The van der Waals surface area contributed by atoms with Crippen molar-refractivity contribution >= 4 is 51.2 Å². The highest BCUT2D eigenvalue weighted by atomic mass is 32.2. The van der Waals surface area contributed by atoms with Crippen molar-refractivity contribution in [3.05, 3.63) is 47.3 Å². The van der Waals surface area contributed by atoms with Gasteiger partial charge in [0.15, 0.2) is 5.11 Å². The number of fused-ring (bicyclic) bond motifs is 3. The zero-order chi connectivity index (χ0) is 35.9. The molecule has 3 N–H and O–H groups in total. The number of thiocarbonyl (C=S) groups is 1. The van der Waals surface area contributed by atoms with Crippen molar-refractivity contribution < 1.29 is 36.7 Å². The summed E-state index contributed by atoms with van der Waals surface area (Å²) in [7, 11) is -3.89. The molecule has 4 fully saturated rings. The molecule has 16 heteroatoms. The number of hydrogen-bond donors (Lipinski definition) is 3. The number of sulfonamides is 1. The molecular weight excluding hydrogens is 700 g/mol. The van der Waals surface area contributed by atoms with Crippen LogP contribution in [0, 0.1) is 11.7 Å². The van der Waals surface area contributed by atoms with E-state index in [0.717, 1.165) is 51.6 Å². The second kappa shape index (κ2) is 14.3. The first-order valence-electron chi connectivity index (χ1n) is 18.1. The molecule has 1 aromatic carbocycles. The Morgan fingerprint density at radius 2 is 1.80 bits per heavy atom. The zero-order valence-electron chi connectivity index (χ0n) is 28.5. The molecule has 2 saturated heterocycles. The second-order valence-electron chi connectivity index (χ2n) is 14.7. The Morgan fingerprint density at radius 1 is 1.02 bits per heavy atom. The summed E-state index contributed by atoms with van der Waals surface area (Å²) in [6.07, 6.45) is 8.99. The van der Waals surface area contributed by atoms with E-state index in [1.807, 2.05) is 17.1 Å². The molecule has 2 aliphatic carbocycles. The number of likely N-dealkylation sites (tertiary alicyclic amines) is 1. The van der Waals surface area contributed by atoms with Crippen molar-refractivity contribution in [3.8, 4) is 0 Å². The fourth-order valence-corrected chi connectivity index (χ4v) is 9.42. The second-order valence-corrected chi connectivity index (χ2v) is 17.0. The highest BCUT2D eigenvalue weighted by molar-refractivity contribution is 7.91. The first-order chi connectivity index (χ1) is 24.4. The van der Waals surface area contributed by atoms with Crippen molar-refractivity contribution in [1.82, 2.24) is 30.1 Å². The van der Waals surface area contributed by atoms with Gasteiger partial charge in [0.05, 0.1) is 18.3 Å². The zero-order valence-corrected chi connectivity index (χ0v) is 30.1. The third-order valence-electron chi connectivity index (χ3n) is 11.0. The van der Waals surface area contributed by atoms with Crippen LogP contribution in [0.2, 0.25) is 0 Å². The van der Waals surface area contributed by atoms with Crippen molar-refractivity contribution in [3.63, 3.8) is 0 Å². The molecule has 0 unspecified atom stereocenters. The van der Waals surface area contributed by atoms with Gasteiger partial charge in [-0.1, -0.05) is 37.1 Å². The van der Waals surface area contributed by atoms with Crippen molar-refractivity contribution in [2.75, 3.05) is 19.6 Å². The van der Waals surface area contributed by atoms with E-state index >= 15 is 0 Å². The summed E-state index contributed by atoms with van der Waals surface area (Å²) in [5.74, 6) is -2.64. The minimum absolute atomic E-state index is 0.0381. The first kappa shape index (κ1) is 35.6. The predicted molar refractivity (Wildman–Crippen MR) is 188 cm³/mol. The van der Waals surface area contributed by atoms with Gasteiger partial charge in [-0.2, -0.15) is 0 Å². The van der Waals surface area contributed by atoms with E-state index in [4.69, 9.17) is 17.0 Å². The fourth-order valence-electron chi connectivity index (χ4n) is 7.74. The molecule has 51 heavy (non-hydrogen) atoms. The van der Waals surface area contributed by atoms with E-state index in [9.17, 15) is 32.0 Å². The van der Waals surface area contributed by atoms with Crippen LogP contribution in [0.15, 0.2) is 30.4 Å². The first-order valence-corrected chi connectivity index (χ1v) is 20.0. The van der Waals surface area contributed by atoms with Crippen molar-refractivity contribution in [2.24, 2.45) is 5.92 Å². The summed E-state index contributed by atoms with van der Waals surface area (Å²) < 4.78 is 48.0. The summed E-state index contributed by atoms with van der Waals surface area (Å²) in [6.45, 7) is 1.71. The number of amides is 4. The van der Waals surface area contributed by atoms with Gasteiger partial charge >= 0.3 is 6.09 Å². The maximum absolute atomic E-state index is 14.5. The Bertz CT molecular complexity index is 1730. The van der Waals surface area contributed by atoms with Gasteiger partial charge in [-0.15, -0.1) is 0 Å². The lowest BCUT2D eigenvalue weighted by Gasteiger charge is -2.31. The van der Waals surface area contributed by atoms with E-state index in [1.54, 1.807) is 12.1 Å². The highest BCUT2D eigenvalue weighted by Crippen LogP contribution is 2.46. The molecule has 0 radical (unpaired) electrons. The maximum Gasteiger partial charge on any atom is 0.410 e. The molecule has 0 bridgehead atoms. The average molecular weight is 745 g/mol. The molecule has 276 valence electrons. The number of benzene rings is 1. The van der Waals surface area contributed by atoms with E-state index in [1.165, 1.54) is 15.9 Å². The smallest absolute Gasteiger partial charge is 0.410 e. The van der Waals surface area contributed by atoms with Crippen LogP contribution in [0.25, 0.3) is 0 Å². The van der Waals surface area contributed by atoms with E-state index in [-0.39, 0.29) is 38.4 Å². The van der Waals surface area contributed by atoms with Gasteiger partial charge in [0, 0.05) is 37.5 Å². The van der Waals surface area contributed by atoms with Crippen LogP contribution >= 0.6 is 12.2 Å². The van der Waals surface area contributed by atoms with E-state index < -0.39 is 68.6 Å². The Balaban J connectivity index is 1.13. The van der Waals surface area contributed by atoms with Crippen LogP contribution in [-0.2, 0) is 42.2 Å². The van der Waals surface area contributed by atoms with Crippen LogP contribution in [0.1, 0.15) is 81.8 Å². The van der Waals surface area contributed by atoms with E-state index in [2.05, 4.69) is 15.4 Å². The number of allylic oxidation sites excluding steroid dienone is 1. The molecule has 2 saturated carbocycles. The molecule has 1 aromatic rings. The van der Waals surface area contributed by atoms with Crippen molar-refractivity contribution in [2.45, 2.75) is 113 Å². The van der Waals surface area contributed by atoms with Crippen LogP contribution in [-0.4, -0.2) is 101 Å². The third kappa shape index (κ3) is 7.57. The lowest BCUT2D eigenvalue weighted by molar-refractivity contribution is -0.141. The van der Waals surface area contributed by atoms with Gasteiger partial charge in [-0.3, -0.25) is 24.0 Å².